The molecule has 0 heterocycles. The van der Waals surface area contributed by atoms with Gasteiger partial charge in [-0.1, -0.05) is 33.8 Å². The van der Waals surface area contributed by atoms with E-state index in [2.05, 4.69) is 0 Å². The molecule has 0 aromatic heterocycles. The van der Waals surface area contributed by atoms with Crippen molar-refractivity contribution in [1.29, 1.82) is 0 Å². The molecule has 0 saturated carbocycles. The average molecular weight is 316 g/mol. The van der Waals surface area contributed by atoms with E-state index in [1.54, 1.807) is 12.1 Å². The quantitative estimate of drug-likeness (QED) is 0.558. The maximum absolute atomic E-state index is 12.6. The van der Waals surface area contributed by atoms with E-state index < -0.39 is 0 Å². The predicted molar refractivity (Wildman–Crippen MR) is 93.5 cm³/mol. The van der Waals surface area contributed by atoms with Crippen molar-refractivity contribution < 1.29 is 14.4 Å². The molecule has 23 heavy (non-hydrogen) atoms. The Bertz CT molecular complexity index is 585. The first-order valence-electron chi connectivity index (χ1n) is 8.77. The number of hydrogen-bond acceptors (Lipinski definition) is 3. The molecule has 0 aliphatic heterocycles. The van der Waals surface area contributed by atoms with Crippen LogP contribution in [-0.2, 0) is 6.42 Å². The molecule has 0 spiro atoms. The summed E-state index contributed by atoms with van der Waals surface area (Å²) < 4.78 is 0. The van der Waals surface area contributed by atoms with Gasteiger partial charge in [0.15, 0.2) is 17.3 Å². The smallest absolute Gasteiger partial charge is 0.163 e. The van der Waals surface area contributed by atoms with Gasteiger partial charge in [0.2, 0.25) is 0 Å². The Balaban J connectivity index is 3.52. The van der Waals surface area contributed by atoms with Gasteiger partial charge in [0.25, 0.3) is 0 Å². The van der Waals surface area contributed by atoms with Crippen LogP contribution in [-0.4, -0.2) is 17.3 Å². The van der Waals surface area contributed by atoms with Crippen LogP contribution in [0.4, 0.5) is 0 Å². The molecule has 0 bridgehead atoms. The van der Waals surface area contributed by atoms with E-state index in [1.165, 1.54) is 0 Å². The molecule has 0 saturated heterocycles. The summed E-state index contributed by atoms with van der Waals surface area (Å²) in [5.41, 5.74) is 2.36. The van der Waals surface area contributed by atoms with Gasteiger partial charge in [0.1, 0.15) is 0 Å². The molecule has 0 unspecified atom stereocenters. The van der Waals surface area contributed by atoms with Crippen LogP contribution in [0.3, 0.4) is 0 Å². The molecule has 0 amide bonds. The van der Waals surface area contributed by atoms with Gasteiger partial charge in [0, 0.05) is 36.0 Å². The number of rotatable bonds is 10. The molecule has 1 aromatic carbocycles. The Labute approximate surface area is 139 Å². The van der Waals surface area contributed by atoms with E-state index >= 15 is 0 Å². The Morgan fingerprint density at radius 3 is 1.61 bits per heavy atom. The molecule has 3 nitrogen and oxygen atoms in total. The van der Waals surface area contributed by atoms with E-state index in [0.717, 1.165) is 24.8 Å². The first kappa shape index (κ1) is 19.3. The highest BCUT2D eigenvalue weighted by Gasteiger charge is 2.23. The van der Waals surface area contributed by atoms with Crippen molar-refractivity contribution >= 4 is 17.3 Å². The second kappa shape index (κ2) is 9.39. The van der Waals surface area contributed by atoms with Gasteiger partial charge < -0.3 is 0 Å². The van der Waals surface area contributed by atoms with Crippen LogP contribution in [0.25, 0.3) is 0 Å². The van der Waals surface area contributed by atoms with Crippen LogP contribution in [0.1, 0.15) is 103 Å². The standard InChI is InChI=1S/C20H28O3/c1-5-9-17(21)15-12-13-16(18(22)10-6-2)20(14(15)8-4)19(23)11-7-3/h12-13H,5-11H2,1-4H3. The molecule has 0 radical (unpaired) electrons. The summed E-state index contributed by atoms with van der Waals surface area (Å²) in [6.07, 6.45) is 4.15. The zero-order valence-electron chi connectivity index (χ0n) is 14.8. The summed E-state index contributed by atoms with van der Waals surface area (Å²) in [5.74, 6) is 0.0375. The third kappa shape index (κ3) is 4.60. The maximum Gasteiger partial charge on any atom is 0.163 e. The Kier molecular flexibility index (Phi) is 7.87. The highest BCUT2D eigenvalue weighted by atomic mass is 16.1. The first-order valence-corrected chi connectivity index (χ1v) is 8.77. The third-order valence-electron chi connectivity index (χ3n) is 3.98. The van der Waals surface area contributed by atoms with Gasteiger partial charge in [-0.15, -0.1) is 0 Å². The number of ketones is 3. The normalized spacial score (nSPS) is 10.6. The monoisotopic (exact) mass is 316 g/mol. The van der Waals surface area contributed by atoms with Crippen molar-refractivity contribution in [3.63, 3.8) is 0 Å². The van der Waals surface area contributed by atoms with Gasteiger partial charge in [-0.05, 0) is 37.3 Å². The van der Waals surface area contributed by atoms with Crippen molar-refractivity contribution in [3.05, 3.63) is 34.4 Å². The fraction of sp³-hybridized carbons (Fsp3) is 0.550. The third-order valence-corrected chi connectivity index (χ3v) is 3.98. The van der Waals surface area contributed by atoms with Crippen LogP contribution in [0.15, 0.2) is 12.1 Å². The lowest BCUT2D eigenvalue weighted by atomic mass is 9.86. The van der Waals surface area contributed by atoms with Crippen molar-refractivity contribution in [3.8, 4) is 0 Å². The number of carbonyl (C=O) groups excluding carboxylic acids is 3. The first-order chi connectivity index (χ1) is 11.0. The number of Topliss-reactive ketones (excluding diaryl/α,β-unsaturated/α-hetero) is 3. The van der Waals surface area contributed by atoms with Crippen molar-refractivity contribution in [1.82, 2.24) is 0 Å². The molecule has 126 valence electrons. The van der Waals surface area contributed by atoms with Gasteiger partial charge in [-0.3, -0.25) is 14.4 Å². The van der Waals surface area contributed by atoms with Crippen LogP contribution < -0.4 is 0 Å². The minimum atomic E-state index is -0.0186. The summed E-state index contributed by atoms with van der Waals surface area (Å²) in [7, 11) is 0. The fourth-order valence-electron chi connectivity index (χ4n) is 2.90. The number of benzene rings is 1. The molecule has 1 rings (SSSR count). The van der Waals surface area contributed by atoms with Crippen molar-refractivity contribution in [2.45, 2.75) is 72.6 Å². The highest BCUT2D eigenvalue weighted by Crippen LogP contribution is 2.25. The van der Waals surface area contributed by atoms with E-state index in [1.807, 2.05) is 27.7 Å². The Morgan fingerprint density at radius 2 is 1.13 bits per heavy atom. The summed E-state index contributed by atoms with van der Waals surface area (Å²) in [4.78, 5) is 37.4. The molecule has 0 atom stereocenters. The zero-order chi connectivity index (χ0) is 17.4. The van der Waals surface area contributed by atoms with Gasteiger partial charge in [0.05, 0.1) is 0 Å². The molecule has 0 aliphatic carbocycles. The molecule has 0 fully saturated rings. The van der Waals surface area contributed by atoms with Crippen molar-refractivity contribution in [2.75, 3.05) is 0 Å². The molecular weight excluding hydrogens is 288 g/mol. The molecule has 3 heteroatoms. The Hall–Kier alpha value is -1.77. The summed E-state index contributed by atoms with van der Waals surface area (Å²) in [6.45, 7) is 7.80. The lowest BCUT2D eigenvalue weighted by Gasteiger charge is -2.16. The maximum atomic E-state index is 12.6. The second-order valence-corrected chi connectivity index (χ2v) is 5.89. The Morgan fingerprint density at radius 1 is 0.696 bits per heavy atom. The summed E-state index contributed by atoms with van der Waals surface area (Å²) in [5, 5.41) is 0. The van der Waals surface area contributed by atoms with E-state index in [4.69, 9.17) is 0 Å². The SMILES string of the molecule is CCCC(=O)c1ccc(C(=O)CCC)c(C(=O)CCC)c1CC. The van der Waals surface area contributed by atoms with Gasteiger partial charge in [-0.25, -0.2) is 0 Å². The molecular formula is C20H28O3. The molecule has 0 aliphatic rings. The minimum absolute atomic E-state index is 0.00357. The number of carbonyl (C=O) groups is 3. The largest absolute Gasteiger partial charge is 0.294 e. The highest BCUT2D eigenvalue weighted by molar-refractivity contribution is 6.12. The minimum Gasteiger partial charge on any atom is -0.294 e. The lowest BCUT2D eigenvalue weighted by Crippen LogP contribution is -2.16. The zero-order valence-corrected chi connectivity index (χ0v) is 14.8. The topological polar surface area (TPSA) is 51.2 Å². The molecule has 1 aromatic rings. The summed E-state index contributed by atoms with van der Waals surface area (Å²) in [6, 6.07) is 3.42. The van der Waals surface area contributed by atoms with Crippen LogP contribution in [0.2, 0.25) is 0 Å². The van der Waals surface area contributed by atoms with Crippen LogP contribution in [0.5, 0.6) is 0 Å². The second-order valence-electron chi connectivity index (χ2n) is 5.89. The lowest BCUT2D eigenvalue weighted by molar-refractivity contribution is 0.0945. The van der Waals surface area contributed by atoms with Gasteiger partial charge in [-0.2, -0.15) is 0 Å². The van der Waals surface area contributed by atoms with E-state index in [9.17, 15) is 14.4 Å². The van der Waals surface area contributed by atoms with E-state index in [0.29, 0.717) is 42.4 Å². The predicted octanol–water partition coefficient (Wildman–Crippen LogP) is 5.20. The number of hydrogen-bond donors (Lipinski definition) is 0. The van der Waals surface area contributed by atoms with Gasteiger partial charge >= 0.3 is 0 Å². The van der Waals surface area contributed by atoms with Crippen LogP contribution in [0, 0.1) is 0 Å². The summed E-state index contributed by atoms with van der Waals surface area (Å²) >= 11 is 0. The van der Waals surface area contributed by atoms with Crippen molar-refractivity contribution in [2.24, 2.45) is 0 Å². The van der Waals surface area contributed by atoms with E-state index in [-0.39, 0.29) is 17.3 Å². The fourth-order valence-corrected chi connectivity index (χ4v) is 2.90. The molecule has 0 N–H and O–H groups in total. The van der Waals surface area contributed by atoms with Crippen LogP contribution >= 0.6 is 0 Å². The average Bonchev–Trinajstić information content (AvgIpc) is 2.53.